The number of hydrogen-bond donors (Lipinski definition) is 2. The highest BCUT2D eigenvalue weighted by molar-refractivity contribution is 5.78. The Bertz CT molecular complexity index is 676. The molecule has 1 aliphatic rings. The first-order chi connectivity index (χ1) is 11.1. The summed E-state index contributed by atoms with van der Waals surface area (Å²) in [7, 11) is 0. The molecule has 23 heavy (non-hydrogen) atoms. The zero-order valence-electron chi connectivity index (χ0n) is 13.0. The number of benzene rings is 2. The van der Waals surface area contributed by atoms with Crippen molar-refractivity contribution < 1.29 is 15.0 Å². The number of phenols is 2. The minimum absolute atomic E-state index is 0.0710. The van der Waals surface area contributed by atoms with Crippen molar-refractivity contribution in [3.05, 3.63) is 59.7 Å². The first-order valence-corrected chi connectivity index (χ1v) is 7.97. The van der Waals surface area contributed by atoms with Crippen molar-refractivity contribution in [1.29, 1.82) is 0 Å². The summed E-state index contributed by atoms with van der Waals surface area (Å²) in [6.07, 6.45) is 2.10. The van der Waals surface area contributed by atoms with Gasteiger partial charge in [-0.05, 0) is 36.0 Å². The van der Waals surface area contributed by atoms with Crippen LogP contribution in [0.15, 0.2) is 48.5 Å². The van der Waals surface area contributed by atoms with Gasteiger partial charge in [-0.1, -0.05) is 36.4 Å². The monoisotopic (exact) mass is 311 g/mol. The van der Waals surface area contributed by atoms with Crippen LogP contribution in [-0.4, -0.2) is 34.1 Å². The number of likely N-dealkylation sites (tertiary alicyclic amines) is 1. The molecule has 1 saturated heterocycles. The van der Waals surface area contributed by atoms with Gasteiger partial charge < -0.3 is 15.1 Å². The average molecular weight is 311 g/mol. The summed E-state index contributed by atoms with van der Waals surface area (Å²) in [5.74, 6) is 0.599. The van der Waals surface area contributed by atoms with Crippen LogP contribution in [0, 0.1) is 0 Å². The largest absolute Gasteiger partial charge is 0.508 e. The highest BCUT2D eigenvalue weighted by Crippen LogP contribution is 2.35. The van der Waals surface area contributed by atoms with Crippen LogP contribution in [0.25, 0.3) is 0 Å². The van der Waals surface area contributed by atoms with Gasteiger partial charge in [-0.3, -0.25) is 4.79 Å². The smallest absolute Gasteiger partial charge is 0.226 e. The molecule has 1 amide bonds. The van der Waals surface area contributed by atoms with Crippen LogP contribution in [0.3, 0.4) is 0 Å². The number of rotatable bonds is 3. The fourth-order valence-corrected chi connectivity index (χ4v) is 3.20. The standard InChI is InChI=1S/C19H21NO3/c21-16-6-7-17(18(22)13-16)15-8-10-20(11-9-15)19(23)12-14-4-2-1-3-5-14/h1-7,13,15,21-22H,8-12H2. The van der Waals surface area contributed by atoms with Gasteiger partial charge in [0.05, 0.1) is 6.42 Å². The molecule has 0 bridgehead atoms. The molecule has 0 aliphatic carbocycles. The Morgan fingerprint density at radius 2 is 1.74 bits per heavy atom. The molecule has 120 valence electrons. The topological polar surface area (TPSA) is 60.8 Å². The normalized spacial score (nSPS) is 15.6. The molecule has 0 spiro atoms. The lowest BCUT2D eigenvalue weighted by Gasteiger charge is -2.32. The molecular formula is C19H21NO3. The molecule has 0 saturated carbocycles. The second-order valence-corrected chi connectivity index (χ2v) is 6.06. The molecule has 3 rings (SSSR count). The SMILES string of the molecule is O=C(Cc1ccccc1)N1CCC(c2ccc(O)cc2O)CC1. The summed E-state index contributed by atoms with van der Waals surface area (Å²) in [5.41, 5.74) is 1.90. The Morgan fingerprint density at radius 3 is 2.39 bits per heavy atom. The number of aromatic hydroxyl groups is 2. The predicted octanol–water partition coefficient (Wildman–Crippen LogP) is 3.05. The minimum Gasteiger partial charge on any atom is -0.508 e. The Morgan fingerprint density at radius 1 is 1.04 bits per heavy atom. The van der Waals surface area contributed by atoms with Crippen molar-refractivity contribution in [3.8, 4) is 11.5 Å². The van der Waals surface area contributed by atoms with Crippen molar-refractivity contribution in [3.63, 3.8) is 0 Å². The second kappa shape index (κ2) is 6.73. The summed E-state index contributed by atoms with van der Waals surface area (Å²) in [4.78, 5) is 14.3. The van der Waals surface area contributed by atoms with Crippen LogP contribution in [0.4, 0.5) is 0 Å². The first kappa shape index (κ1) is 15.4. The molecule has 2 aromatic carbocycles. The minimum atomic E-state index is 0.0710. The number of hydrogen-bond acceptors (Lipinski definition) is 3. The lowest BCUT2D eigenvalue weighted by Crippen LogP contribution is -2.38. The number of phenolic OH excluding ortho intramolecular Hbond substituents is 2. The molecule has 0 radical (unpaired) electrons. The van der Waals surface area contributed by atoms with Gasteiger partial charge in [0, 0.05) is 19.2 Å². The third-order valence-electron chi connectivity index (χ3n) is 4.50. The van der Waals surface area contributed by atoms with Gasteiger partial charge in [0.15, 0.2) is 0 Å². The van der Waals surface area contributed by atoms with E-state index in [2.05, 4.69) is 0 Å². The van der Waals surface area contributed by atoms with Crippen molar-refractivity contribution in [1.82, 2.24) is 4.90 Å². The number of carbonyl (C=O) groups is 1. The van der Waals surface area contributed by atoms with Crippen LogP contribution in [-0.2, 0) is 11.2 Å². The molecule has 0 unspecified atom stereocenters. The van der Waals surface area contributed by atoms with Gasteiger partial charge in [-0.2, -0.15) is 0 Å². The van der Waals surface area contributed by atoms with E-state index in [0.717, 1.165) is 24.0 Å². The summed E-state index contributed by atoms with van der Waals surface area (Å²) in [5, 5.41) is 19.4. The second-order valence-electron chi connectivity index (χ2n) is 6.06. The quantitative estimate of drug-likeness (QED) is 0.916. The molecule has 2 aromatic rings. The molecule has 2 N–H and O–H groups in total. The fourth-order valence-electron chi connectivity index (χ4n) is 3.20. The van der Waals surface area contributed by atoms with Gasteiger partial charge in [-0.25, -0.2) is 0 Å². The number of piperidine rings is 1. The van der Waals surface area contributed by atoms with E-state index >= 15 is 0 Å². The Balaban J connectivity index is 1.59. The molecule has 1 aliphatic heterocycles. The third kappa shape index (κ3) is 3.65. The number of nitrogens with zero attached hydrogens (tertiary/aromatic N) is 1. The molecule has 4 heteroatoms. The molecule has 0 aromatic heterocycles. The molecule has 1 heterocycles. The molecule has 0 atom stereocenters. The zero-order valence-corrected chi connectivity index (χ0v) is 13.0. The van der Waals surface area contributed by atoms with Gasteiger partial charge in [-0.15, -0.1) is 0 Å². The average Bonchev–Trinajstić information content (AvgIpc) is 2.56. The van der Waals surface area contributed by atoms with Crippen LogP contribution in [0.1, 0.15) is 29.9 Å². The van der Waals surface area contributed by atoms with Crippen molar-refractivity contribution in [2.24, 2.45) is 0 Å². The highest BCUT2D eigenvalue weighted by atomic mass is 16.3. The van der Waals surface area contributed by atoms with E-state index in [0.29, 0.717) is 19.5 Å². The summed E-state index contributed by atoms with van der Waals surface area (Å²) >= 11 is 0. The van der Waals surface area contributed by atoms with Gasteiger partial charge in [0.2, 0.25) is 5.91 Å². The van der Waals surface area contributed by atoms with Crippen molar-refractivity contribution >= 4 is 5.91 Å². The lowest BCUT2D eigenvalue weighted by molar-refractivity contribution is -0.131. The van der Waals surface area contributed by atoms with E-state index in [1.165, 1.54) is 6.07 Å². The van der Waals surface area contributed by atoms with Gasteiger partial charge in [0.1, 0.15) is 11.5 Å². The van der Waals surface area contributed by atoms with Crippen LogP contribution < -0.4 is 0 Å². The van der Waals surface area contributed by atoms with Gasteiger partial charge >= 0.3 is 0 Å². The zero-order chi connectivity index (χ0) is 16.2. The maximum atomic E-state index is 12.4. The predicted molar refractivity (Wildman–Crippen MR) is 88.5 cm³/mol. The molecule has 4 nitrogen and oxygen atoms in total. The Hall–Kier alpha value is -2.49. The van der Waals surface area contributed by atoms with E-state index in [9.17, 15) is 15.0 Å². The molecular weight excluding hydrogens is 290 g/mol. The van der Waals surface area contributed by atoms with E-state index in [1.807, 2.05) is 35.2 Å². The van der Waals surface area contributed by atoms with Crippen LogP contribution >= 0.6 is 0 Å². The van der Waals surface area contributed by atoms with Gasteiger partial charge in [0.25, 0.3) is 0 Å². The Labute approximate surface area is 136 Å². The lowest BCUT2D eigenvalue weighted by atomic mass is 9.88. The number of amides is 1. The highest BCUT2D eigenvalue weighted by Gasteiger charge is 2.25. The van der Waals surface area contributed by atoms with E-state index in [-0.39, 0.29) is 23.3 Å². The van der Waals surface area contributed by atoms with Crippen molar-refractivity contribution in [2.45, 2.75) is 25.2 Å². The summed E-state index contributed by atoms with van der Waals surface area (Å²) < 4.78 is 0. The van der Waals surface area contributed by atoms with Crippen LogP contribution in [0.2, 0.25) is 0 Å². The van der Waals surface area contributed by atoms with Crippen LogP contribution in [0.5, 0.6) is 11.5 Å². The van der Waals surface area contributed by atoms with E-state index in [1.54, 1.807) is 12.1 Å². The maximum absolute atomic E-state index is 12.4. The first-order valence-electron chi connectivity index (χ1n) is 7.97. The van der Waals surface area contributed by atoms with E-state index in [4.69, 9.17) is 0 Å². The Kier molecular flexibility index (Phi) is 4.51. The summed E-state index contributed by atoms with van der Waals surface area (Å²) in [6, 6.07) is 14.5. The third-order valence-corrected chi connectivity index (χ3v) is 4.50. The fraction of sp³-hybridized carbons (Fsp3) is 0.316. The molecule has 1 fully saturated rings. The summed E-state index contributed by atoms with van der Waals surface area (Å²) in [6.45, 7) is 1.41. The maximum Gasteiger partial charge on any atom is 0.226 e. The van der Waals surface area contributed by atoms with Crippen molar-refractivity contribution in [2.75, 3.05) is 13.1 Å². The van der Waals surface area contributed by atoms with E-state index < -0.39 is 0 Å². The number of carbonyl (C=O) groups excluding carboxylic acids is 1.